The Labute approximate surface area is 303 Å². The van der Waals surface area contributed by atoms with Crippen LogP contribution in [-0.4, -0.2) is 0 Å². The Hall–Kier alpha value is -5.34. The quantitative estimate of drug-likeness (QED) is 0.197. The van der Waals surface area contributed by atoms with E-state index in [1.54, 1.807) is 0 Å². The summed E-state index contributed by atoms with van der Waals surface area (Å²) in [5, 5.41) is -2.26. The molecular formula is C44H32O2. The average Bonchev–Trinajstić information content (AvgIpc) is 3.96. The fraction of sp³-hybridized carbons (Fsp3) is 0.136. The standard InChI is InChI=1S/C44H32O2/c1-2-11-27(12-3-1)41-31-15-4-6-17-33(31)42(34-18-7-5-16-32(34)41)30-14-10-13-28(25-30)29-21-22-36-40(26-29)46-39-24-23-38-43(44(36)39)35-19-8-9-20-37(35)45-38/h1-4,6-11,13-15,17-24,26-27,30H,5,12,16,25H2/i1D,2D,3D,4D,5D,6D,7D,8D,9D,10D,11D,12D,13D,14D,15D,16D,17D,18D,19D,20D,21D,22D,23D,24D,25D,26D. The van der Waals surface area contributed by atoms with Crippen LogP contribution in [0.4, 0.5) is 0 Å². The molecule has 2 heteroatoms. The van der Waals surface area contributed by atoms with E-state index in [0.29, 0.717) is 0 Å². The third kappa shape index (κ3) is 3.83. The first kappa shape index (κ1) is 11.2. The Morgan fingerprint density at radius 2 is 1.39 bits per heavy atom. The van der Waals surface area contributed by atoms with E-state index in [1.165, 1.54) is 0 Å². The van der Waals surface area contributed by atoms with Gasteiger partial charge in [-0.15, -0.1) is 0 Å². The minimum absolute atomic E-state index is 0.203. The molecule has 2 aromatic heterocycles. The van der Waals surface area contributed by atoms with Crippen LogP contribution in [0, 0.1) is 0 Å². The molecule has 3 aliphatic rings. The molecule has 7 aromatic rings. The van der Waals surface area contributed by atoms with Crippen molar-refractivity contribution in [2.75, 3.05) is 0 Å². The zero-order valence-corrected chi connectivity index (χ0v) is 23.3. The van der Waals surface area contributed by atoms with Crippen LogP contribution < -0.4 is 0 Å². The lowest BCUT2D eigenvalue weighted by Crippen LogP contribution is -2.12. The van der Waals surface area contributed by atoms with Crippen molar-refractivity contribution >= 4 is 66.3 Å². The highest BCUT2D eigenvalue weighted by molar-refractivity contribution is 6.25. The number of rotatable bonds is 3. The van der Waals surface area contributed by atoms with Gasteiger partial charge < -0.3 is 8.83 Å². The normalized spacial score (nSPS) is 35.5. The minimum atomic E-state index is -2.20. The van der Waals surface area contributed by atoms with Crippen LogP contribution in [0.25, 0.3) is 66.3 Å². The SMILES string of the molecule is [2H]C1=C(c2c([2H])c([2H])c3c(oc4c([2H])c([2H])c5oc6c([2H])c([2H])c([2H])c([2H])c6c5c43)c2[2H])C([2H])C(c2c3c(c(C4C([2H])=C([2H])C([2H])=C([2H])C4[2H])c4c([2H])c([2H])c([2H])c([2H])c24)C([2H])C([2H])C([2H])=C3[2H])C([2H])=C1[2H]. The van der Waals surface area contributed by atoms with Crippen molar-refractivity contribution in [3.05, 3.63) is 155 Å². The second-order valence-electron chi connectivity index (χ2n) is 10.6. The van der Waals surface area contributed by atoms with Gasteiger partial charge in [0, 0.05) is 38.9 Å². The lowest BCUT2D eigenvalue weighted by atomic mass is 9.74. The van der Waals surface area contributed by atoms with E-state index in [1.807, 2.05) is 0 Å². The molecule has 2 nitrogen and oxygen atoms in total. The van der Waals surface area contributed by atoms with E-state index < -0.39 is 237 Å². The maximum atomic E-state index is 9.96. The summed E-state index contributed by atoms with van der Waals surface area (Å²) < 4.78 is 246. The number of fused-ring (bicyclic) bond motifs is 9. The predicted molar refractivity (Wildman–Crippen MR) is 192 cm³/mol. The molecular weight excluding hydrogens is 560 g/mol. The van der Waals surface area contributed by atoms with E-state index in [0.717, 1.165) is 0 Å². The van der Waals surface area contributed by atoms with E-state index in [4.69, 9.17) is 30.8 Å². The van der Waals surface area contributed by atoms with Crippen molar-refractivity contribution < 1.29 is 44.5 Å². The lowest BCUT2D eigenvalue weighted by molar-refractivity contribution is 0.662. The van der Waals surface area contributed by atoms with Crippen LogP contribution in [0.15, 0.2) is 136 Å². The van der Waals surface area contributed by atoms with Gasteiger partial charge in [-0.2, -0.15) is 0 Å². The molecule has 0 spiro atoms. The van der Waals surface area contributed by atoms with Gasteiger partial charge in [0.1, 0.15) is 22.3 Å². The Morgan fingerprint density at radius 1 is 0.652 bits per heavy atom. The van der Waals surface area contributed by atoms with Crippen molar-refractivity contribution in [2.45, 2.75) is 37.4 Å². The molecule has 6 unspecified atom stereocenters. The van der Waals surface area contributed by atoms with E-state index in [-0.39, 0.29) is 21.5 Å². The number of hydrogen-bond donors (Lipinski definition) is 0. The smallest absolute Gasteiger partial charge is 0.136 e. The number of allylic oxidation sites excluding steroid dienone is 9. The Balaban J connectivity index is 1.32. The first-order valence-corrected chi connectivity index (χ1v) is 14.1. The first-order chi connectivity index (χ1) is 33.6. The van der Waals surface area contributed by atoms with Gasteiger partial charge in [0.05, 0.1) is 30.2 Å². The molecule has 6 atom stereocenters. The highest BCUT2D eigenvalue weighted by Gasteiger charge is 2.28. The average molecular weight is 619 g/mol. The molecule has 0 saturated heterocycles. The van der Waals surface area contributed by atoms with Crippen LogP contribution in [-0.2, 0) is 6.40 Å². The number of benzene rings is 5. The predicted octanol–water partition coefficient (Wildman–Crippen LogP) is 12.3. The van der Waals surface area contributed by atoms with Crippen molar-refractivity contribution in [1.82, 2.24) is 0 Å². The molecule has 0 N–H and O–H groups in total. The summed E-state index contributed by atoms with van der Waals surface area (Å²) in [5.74, 6) is -3.91. The molecule has 3 aliphatic carbocycles. The number of para-hydroxylation sites is 1. The molecule has 0 radical (unpaired) electrons. The maximum Gasteiger partial charge on any atom is 0.136 e. The van der Waals surface area contributed by atoms with E-state index in [9.17, 15) is 13.7 Å². The van der Waals surface area contributed by atoms with Gasteiger partial charge >= 0.3 is 0 Å². The molecule has 0 saturated carbocycles. The fourth-order valence-electron chi connectivity index (χ4n) is 6.27. The summed E-state index contributed by atoms with van der Waals surface area (Å²) in [5.41, 5.74) is -5.34. The molecule has 46 heavy (non-hydrogen) atoms. The Morgan fingerprint density at radius 3 is 2.26 bits per heavy atom. The van der Waals surface area contributed by atoms with Crippen LogP contribution in [0.1, 0.15) is 94.5 Å². The Kier molecular flexibility index (Phi) is 2.45. The van der Waals surface area contributed by atoms with Gasteiger partial charge in [0.15, 0.2) is 0 Å². The molecule has 0 fully saturated rings. The summed E-state index contributed by atoms with van der Waals surface area (Å²) in [6, 6.07) is -17.7. The van der Waals surface area contributed by atoms with Gasteiger partial charge in [-0.3, -0.25) is 0 Å². The largest absolute Gasteiger partial charge is 0.456 e. The van der Waals surface area contributed by atoms with Crippen LogP contribution in [0.2, 0.25) is 0 Å². The first-order valence-electron chi connectivity index (χ1n) is 27.4. The van der Waals surface area contributed by atoms with Gasteiger partial charge in [-0.25, -0.2) is 0 Å². The van der Waals surface area contributed by atoms with Gasteiger partial charge in [-0.05, 0) is 100.0 Å². The second kappa shape index (κ2) is 10.1. The van der Waals surface area contributed by atoms with E-state index in [2.05, 4.69) is 0 Å². The molecule has 2 heterocycles. The molecule has 10 rings (SSSR count). The fourth-order valence-corrected chi connectivity index (χ4v) is 6.27. The second-order valence-corrected chi connectivity index (χ2v) is 10.6. The highest BCUT2D eigenvalue weighted by atomic mass is 16.3. The molecule has 0 aliphatic heterocycles. The zero-order chi connectivity index (χ0) is 52.8. The monoisotopic (exact) mass is 618 g/mol. The number of furan rings is 2. The van der Waals surface area contributed by atoms with Crippen LogP contribution in [0.3, 0.4) is 0 Å². The van der Waals surface area contributed by atoms with Crippen molar-refractivity contribution in [1.29, 1.82) is 0 Å². The summed E-state index contributed by atoms with van der Waals surface area (Å²) in [7, 11) is 0. The third-order valence-corrected chi connectivity index (χ3v) is 8.18. The van der Waals surface area contributed by atoms with Crippen LogP contribution in [0.5, 0.6) is 0 Å². The minimum Gasteiger partial charge on any atom is -0.456 e. The number of hydrogen-bond acceptors (Lipinski definition) is 2. The van der Waals surface area contributed by atoms with E-state index >= 15 is 0 Å². The van der Waals surface area contributed by atoms with Crippen molar-refractivity contribution in [3.8, 4) is 0 Å². The molecule has 0 bridgehead atoms. The highest BCUT2D eigenvalue weighted by Crippen LogP contribution is 2.47. The van der Waals surface area contributed by atoms with Crippen molar-refractivity contribution in [2.24, 2.45) is 0 Å². The molecule has 5 aromatic carbocycles. The lowest BCUT2D eigenvalue weighted by Gasteiger charge is -2.30. The summed E-state index contributed by atoms with van der Waals surface area (Å²) >= 11 is 0. The Bertz CT molecular complexity index is 3930. The molecule has 220 valence electrons. The summed E-state index contributed by atoms with van der Waals surface area (Å²) in [6.07, 6.45) is -8.00. The van der Waals surface area contributed by atoms with Gasteiger partial charge in [0.2, 0.25) is 0 Å². The summed E-state index contributed by atoms with van der Waals surface area (Å²) in [4.78, 5) is 0. The zero-order valence-electron chi connectivity index (χ0n) is 49.3. The molecule has 0 amide bonds. The van der Waals surface area contributed by atoms with Crippen molar-refractivity contribution in [3.63, 3.8) is 0 Å². The summed E-state index contributed by atoms with van der Waals surface area (Å²) in [6.45, 7) is 0. The van der Waals surface area contributed by atoms with Gasteiger partial charge in [-0.1, -0.05) is 103 Å². The van der Waals surface area contributed by atoms with Crippen LogP contribution >= 0.6 is 0 Å². The topological polar surface area (TPSA) is 26.3 Å². The maximum absolute atomic E-state index is 9.96. The third-order valence-electron chi connectivity index (χ3n) is 8.18. The van der Waals surface area contributed by atoms with Gasteiger partial charge in [0.25, 0.3) is 0 Å².